The molecule has 0 aromatic heterocycles. The molecule has 1 aromatic rings. The van der Waals surface area contributed by atoms with Gasteiger partial charge in [-0.1, -0.05) is 12.1 Å². The Bertz CT molecular complexity index is 374. The molecule has 1 aromatic carbocycles. The SMILES string of the molecule is N#CCOc1cccc(CNCCCCCO)c1. The fourth-order valence-electron chi connectivity index (χ4n) is 1.63. The number of hydrogen-bond donors (Lipinski definition) is 2. The Labute approximate surface area is 108 Å². The molecule has 0 unspecified atom stereocenters. The van der Waals surface area contributed by atoms with Gasteiger partial charge in [-0.25, -0.2) is 0 Å². The summed E-state index contributed by atoms with van der Waals surface area (Å²) >= 11 is 0. The minimum absolute atomic E-state index is 0.0814. The van der Waals surface area contributed by atoms with Crippen molar-refractivity contribution in [1.29, 1.82) is 5.26 Å². The van der Waals surface area contributed by atoms with E-state index in [1.165, 1.54) is 0 Å². The highest BCUT2D eigenvalue weighted by Crippen LogP contribution is 2.12. The van der Waals surface area contributed by atoms with Gasteiger partial charge < -0.3 is 15.2 Å². The Morgan fingerprint density at radius 1 is 1.28 bits per heavy atom. The van der Waals surface area contributed by atoms with Crippen LogP contribution in [-0.2, 0) is 6.54 Å². The van der Waals surface area contributed by atoms with Crippen molar-refractivity contribution >= 4 is 0 Å². The standard InChI is InChI=1S/C14H20N2O2/c15-7-10-18-14-6-4-5-13(11-14)12-16-8-2-1-3-9-17/h4-6,11,16-17H,1-3,8-10,12H2. The van der Waals surface area contributed by atoms with Crippen molar-refractivity contribution in [3.8, 4) is 11.8 Å². The van der Waals surface area contributed by atoms with Gasteiger partial charge in [0.05, 0.1) is 0 Å². The summed E-state index contributed by atoms with van der Waals surface area (Å²) in [6.45, 7) is 2.10. The van der Waals surface area contributed by atoms with Crippen LogP contribution >= 0.6 is 0 Å². The lowest BCUT2D eigenvalue weighted by Gasteiger charge is -2.07. The molecule has 4 heteroatoms. The van der Waals surface area contributed by atoms with Crippen LogP contribution in [0.15, 0.2) is 24.3 Å². The molecule has 0 aliphatic carbocycles. The van der Waals surface area contributed by atoms with E-state index in [2.05, 4.69) is 5.32 Å². The van der Waals surface area contributed by atoms with E-state index in [0.717, 1.165) is 43.7 Å². The van der Waals surface area contributed by atoms with Crippen LogP contribution in [0, 0.1) is 11.3 Å². The Balaban J connectivity index is 2.23. The summed E-state index contributed by atoms with van der Waals surface area (Å²) in [5.41, 5.74) is 1.15. The van der Waals surface area contributed by atoms with Gasteiger partial charge in [-0.05, 0) is 43.5 Å². The molecule has 2 N–H and O–H groups in total. The number of nitriles is 1. The second-order valence-corrected chi connectivity index (χ2v) is 4.06. The topological polar surface area (TPSA) is 65.3 Å². The van der Waals surface area contributed by atoms with Crippen molar-refractivity contribution in [1.82, 2.24) is 5.32 Å². The Kier molecular flexibility index (Phi) is 7.61. The maximum Gasteiger partial charge on any atom is 0.174 e. The molecule has 0 spiro atoms. The van der Waals surface area contributed by atoms with Crippen LogP contribution in [0.5, 0.6) is 5.75 Å². The van der Waals surface area contributed by atoms with Crippen molar-refractivity contribution in [3.05, 3.63) is 29.8 Å². The maximum atomic E-state index is 8.64. The van der Waals surface area contributed by atoms with Crippen molar-refractivity contribution < 1.29 is 9.84 Å². The summed E-state index contributed by atoms with van der Waals surface area (Å²) in [6.07, 6.45) is 3.00. The molecule has 0 atom stereocenters. The van der Waals surface area contributed by atoms with Gasteiger partial charge in [0, 0.05) is 13.2 Å². The van der Waals surface area contributed by atoms with Crippen molar-refractivity contribution in [3.63, 3.8) is 0 Å². The molecule has 0 amide bonds. The summed E-state index contributed by atoms with van der Waals surface area (Å²) in [4.78, 5) is 0. The van der Waals surface area contributed by atoms with Gasteiger partial charge in [-0.2, -0.15) is 5.26 Å². The highest BCUT2D eigenvalue weighted by Gasteiger charge is 1.96. The van der Waals surface area contributed by atoms with Crippen molar-refractivity contribution in [2.75, 3.05) is 19.8 Å². The molecule has 0 aliphatic heterocycles. The number of unbranched alkanes of at least 4 members (excludes halogenated alkanes) is 2. The smallest absolute Gasteiger partial charge is 0.174 e. The van der Waals surface area contributed by atoms with Crippen LogP contribution in [0.3, 0.4) is 0 Å². The number of nitrogens with one attached hydrogen (secondary N) is 1. The fourth-order valence-corrected chi connectivity index (χ4v) is 1.63. The van der Waals surface area contributed by atoms with Gasteiger partial charge >= 0.3 is 0 Å². The van der Waals surface area contributed by atoms with E-state index >= 15 is 0 Å². The van der Waals surface area contributed by atoms with E-state index in [0.29, 0.717) is 0 Å². The predicted octanol–water partition coefficient (Wildman–Crippen LogP) is 1.84. The molecule has 0 radical (unpaired) electrons. The van der Waals surface area contributed by atoms with E-state index in [9.17, 15) is 0 Å². The lowest BCUT2D eigenvalue weighted by Crippen LogP contribution is -2.14. The van der Waals surface area contributed by atoms with Gasteiger partial charge in [0.15, 0.2) is 6.61 Å². The molecule has 0 heterocycles. The van der Waals surface area contributed by atoms with E-state index in [4.69, 9.17) is 15.1 Å². The third-order valence-electron chi connectivity index (χ3n) is 2.54. The minimum Gasteiger partial charge on any atom is -0.479 e. The number of ether oxygens (including phenoxy) is 1. The first-order chi connectivity index (χ1) is 8.86. The molecule has 0 saturated carbocycles. The van der Waals surface area contributed by atoms with Crippen LogP contribution in [0.4, 0.5) is 0 Å². The maximum absolute atomic E-state index is 8.64. The van der Waals surface area contributed by atoms with Gasteiger partial charge in [0.25, 0.3) is 0 Å². The van der Waals surface area contributed by atoms with Gasteiger partial charge in [0.1, 0.15) is 11.8 Å². The monoisotopic (exact) mass is 248 g/mol. The highest BCUT2D eigenvalue weighted by atomic mass is 16.5. The molecule has 18 heavy (non-hydrogen) atoms. The zero-order valence-electron chi connectivity index (χ0n) is 10.6. The number of hydrogen-bond acceptors (Lipinski definition) is 4. The molecule has 0 saturated heterocycles. The molecule has 4 nitrogen and oxygen atoms in total. The number of nitrogens with zero attached hydrogens (tertiary/aromatic N) is 1. The number of rotatable bonds is 9. The lowest BCUT2D eigenvalue weighted by atomic mass is 10.2. The summed E-state index contributed by atoms with van der Waals surface area (Å²) in [7, 11) is 0. The molecular formula is C14H20N2O2. The van der Waals surface area contributed by atoms with E-state index in [1.54, 1.807) is 0 Å². The fraction of sp³-hybridized carbons (Fsp3) is 0.500. The van der Waals surface area contributed by atoms with Crippen LogP contribution in [0.25, 0.3) is 0 Å². The van der Waals surface area contributed by atoms with Crippen molar-refractivity contribution in [2.45, 2.75) is 25.8 Å². The minimum atomic E-state index is 0.0814. The van der Waals surface area contributed by atoms with Gasteiger partial charge in [-0.15, -0.1) is 0 Å². The first-order valence-corrected chi connectivity index (χ1v) is 6.27. The van der Waals surface area contributed by atoms with E-state index in [-0.39, 0.29) is 13.2 Å². The summed E-state index contributed by atoms with van der Waals surface area (Å²) in [5, 5.41) is 20.4. The molecule has 0 aliphatic rings. The summed E-state index contributed by atoms with van der Waals surface area (Å²) in [6, 6.07) is 9.69. The second kappa shape index (κ2) is 9.46. The van der Waals surface area contributed by atoms with Gasteiger partial charge in [0.2, 0.25) is 0 Å². The summed E-state index contributed by atoms with van der Waals surface area (Å²) < 4.78 is 5.24. The third-order valence-corrected chi connectivity index (χ3v) is 2.54. The Morgan fingerprint density at radius 2 is 2.17 bits per heavy atom. The largest absolute Gasteiger partial charge is 0.479 e. The van der Waals surface area contributed by atoms with E-state index in [1.807, 2.05) is 30.3 Å². The van der Waals surface area contributed by atoms with E-state index < -0.39 is 0 Å². The predicted molar refractivity (Wildman–Crippen MR) is 70.2 cm³/mol. The van der Waals surface area contributed by atoms with Crippen LogP contribution in [0.1, 0.15) is 24.8 Å². The second-order valence-electron chi connectivity index (χ2n) is 4.06. The van der Waals surface area contributed by atoms with Crippen LogP contribution in [0.2, 0.25) is 0 Å². The average Bonchev–Trinajstić information content (AvgIpc) is 2.41. The Hall–Kier alpha value is -1.57. The number of aliphatic hydroxyl groups is 1. The lowest BCUT2D eigenvalue weighted by molar-refractivity contribution is 0.283. The highest BCUT2D eigenvalue weighted by molar-refractivity contribution is 5.28. The number of aliphatic hydroxyl groups excluding tert-OH is 1. The zero-order chi connectivity index (χ0) is 13.1. The zero-order valence-corrected chi connectivity index (χ0v) is 10.6. The third kappa shape index (κ3) is 6.24. The molecule has 0 fully saturated rings. The van der Waals surface area contributed by atoms with Crippen molar-refractivity contribution in [2.24, 2.45) is 0 Å². The number of benzene rings is 1. The molecule has 1 rings (SSSR count). The molecule has 0 bridgehead atoms. The molecule has 98 valence electrons. The van der Waals surface area contributed by atoms with Crippen LogP contribution < -0.4 is 10.1 Å². The first-order valence-electron chi connectivity index (χ1n) is 6.27. The Morgan fingerprint density at radius 3 is 2.94 bits per heavy atom. The first kappa shape index (κ1) is 14.5. The summed E-state index contributed by atoms with van der Waals surface area (Å²) in [5.74, 6) is 0.733. The van der Waals surface area contributed by atoms with Gasteiger partial charge in [-0.3, -0.25) is 0 Å². The molecular weight excluding hydrogens is 228 g/mol. The normalized spacial score (nSPS) is 10.0. The van der Waals surface area contributed by atoms with Crippen LogP contribution in [-0.4, -0.2) is 24.9 Å². The average molecular weight is 248 g/mol. The quantitative estimate of drug-likeness (QED) is 0.654.